The van der Waals surface area contributed by atoms with Gasteiger partial charge in [-0.25, -0.2) is 4.79 Å². The topological polar surface area (TPSA) is 49.8 Å². The van der Waals surface area contributed by atoms with Gasteiger partial charge >= 0.3 is 5.97 Å². The van der Waals surface area contributed by atoms with E-state index in [1.54, 1.807) is 18.2 Å². The summed E-state index contributed by atoms with van der Waals surface area (Å²) in [5.74, 6) is 0.0000709. The van der Waals surface area contributed by atoms with Crippen LogP contribution in [0.1, 0.15) is 22.3 Å². The minimum atomic E-state index is -0.888. The average molecular weight is 299 g/mol. The summed E-state index contributed by atoms with van der Waals surface area (Å²) in [4.78, 5) is 13.1. The molecule has 2 aromatic rings. The quantitative estimate of drug-likeness (QED) is 0.760. The summed E-state index contributed by atoms with van der Waals surface area (Å²) < 4.78 is 5.65. The Morgan fingerprint density at radius 3 is 2.64 bits per heavy atom. The minimum Gasteiger partial charge on any atom is -0.494 e. The lowest BCUT2D eigenvalue weighted by Gasteiger charge is -2.17. The van der Waals surface area contributed by atoms with Gasteiger partial charge in [0.25, 0.3) is 0 Å². The highest BCUT2D eigenvalue weighted by Crippen LogP contribution is 2.10. The van der Waals surface area contributed by atoms with Crippen molar-refractivity contribution in [1.29, 1.82) is 0 Å². The smallest absolute Gasteiger partial charge is 0.335 e. The van der Waals surface area contributed by atoms with Crippen LogP contribution in [0, 0.1) is 0 Å². The molecule has 4 nitrogen and oxygen atoms in total. The lowest BCUT2D eigenvalue weighted by Crippen LogP contribution is -2.21. The first kappa shape index (κ1) is 16.0. The van der Waals surface area contributed by atoms with E-state index in [-0.39, 0.29) is 0 Å². The molecule has 0 atom stereocenters. The summed E-state index contributed by atoms with van der Waals surface area (Å²) in [7, 11) is 2.02. The molecule has 0 fully saturated rings. The number of carboxylic acids is 1. The fourth-order valence-corrected chi connectivity index (χ4v) is 2.23. The molecular weight excluding hydrogens is 278 g/mol. The third-order valence-corrected chi connectivity index (χ3v) is 3.32. The molecule has 0 aliphatic heterocycles. The number of rotatable bonds is 8. The molecule has 0 saturated carbocycles. The molecule has 1 N–H and O–H groups in total. The van der Waals surface area contributed by atoms with Crippen molar-refractivity contribution in [2.45, 2.75) is 13.0 Å². The van der Waals surface area contributed by atoms with Gasteiger partial charge in [-0.2, -0.15) is 0 Å². The summed E-state index contributed by atoms with van der Waals surface area (Å²) in [5.41, 5.74) is 1.34. The second-order valence-electron chi connectivity index (χ2n) is 5.26. The Hall–Kier alpha value is -2.33. The molecule has 4 heteroatoms. The van der Waals surface area contributed by atoms with E-state index in [2.05, 4.69) is 4.90 Å². The molecule has 0 amide bonds. The van der Waals surface area contributed by atoms with E-state index in [1.165, 1.54) is 0 Å². The van der Waals surface area contributed by atoms with Gasteiger partial charge in [0.15, 0.2) is 0 Å². The van der Waals surface area contributed by atoms with Crippen molar-refractivity contribution in [2.24, 2.45) is 0 Å². The molecule has 0 saturated heterocycles. The van der Waals surface area contributed by atoms with Crippen LogP contribution in [-0.4, -0.2) is 36.2 Å². The number of para-hydroxylation sites is 1. The highest BCUT2D eigenvalue weighted by molar-refractivity contribution is 5.87. The third kappa shape index (κ3) is 5.22. The molecule has 0 heterocycles. The lowest BCUT2D eigenvalue weighted by atomic mass is 10.1. The van der Waals surface area contributed by atoms with Gasteiger partial charge in [-0.1, -0.05) is 30.3 Å². The molecular formula is C18H21NO3. The molecule has 22 heavy (non-hydrogen) atoms. The van der Waals surface area contributed by atoms with E-state index in [0.29, 0.717) is 12.2 Å². The van der Waals surface area contributed by atoms with Crippen LogP contribution in [0.3, 0.4) is 0 Å². The van der Waals surface area contributed by atoms with Gasteiger partial charge in [0.1, 0.15) is 5.75 Å². The molecule has 116 valence electrons. The molecule has 0 aromatic heterocycles. The fourth-order valence-electron chi connectivity index (χ4n) is 2.23. The van der Waals surface area contributed by atoms with Crippen molar-refractivity contribution >= 4 is 5.97 Å². The van der Waals surface area contributed by atoms with Crippen molar-refractivity contribution in [3.63, 3.8) is 0 Å². The van der Waals surface area contributed by atoms with Crippen LogP contribution in [0.5, 0.6) is 5.75 Å². The van der Waals surface area contributed by atoms with Gasteiger partial charge in [-0.3, -0.25) is 0 Å². The molecule has 0 aliphatic rings. The van der Waals surface area contributed by atoms with Crippen LogP contribution < -0.4 is 4.74 Å². The molecule has 0 aliphatic carbocycles. The van der Waals surface area contributed by atoms with Crippen LogP contribution in [0.2, 0.25) is 0 Å². The number of hydrogen-bond acceptors (Lipinski definition) is 3. The van der Waals surface area contributed by atoms with Crippen molar-refractivity contribution in [2.75, 3.05) is 20.2 Å². The Kier molecular flexibility index (Phi) is 5.98. The highest BCUT2D eigenvalue weighted by atomic mass is 16.5. The first-order chi connectivity index (χ1) is 10.6. The minimum absolute atomic E-state index is 0.332. The Morgan fingerprint density at radius 2 is 1.91 bits per heavy atom. The number of ether oxygens (including phenoxy) is 1. The van der Waals surface area contributed by atoms with Crippen molar-refractivity contribution in [3.8, 4) is 5.75 Å². The summed E-state index contributed by atoms with van der Waals surface area (Å²) in [5, 5.41) is 8.99. The second-order valence-corrected chi connectivity index (χ2v) is 5.26. The van der Waals surface area contributed by atoms with Crippen LogP contribution >= 0.6 is 0 Å². The van der Waals surface area contributed by atoms with Crippen LogP contribution in [0.25, 0.3) is 0 Å². The Balaban J connectivity index is 1.72. The number of benzene rings is 2. The van der Waals surface area contributed by atoms with Crippen LogP contribution in [0.4, 0.5) is 0 Å². The summed E-state index contributed by atoms with van der Waals surface area (Å²) >= 11 is 0. The molecule has 2 rings (SSSR count). The predicted octanol–water partition coefficient (Wildman–Crippen LogP) is 3.29. The maximum atomic E-state index is 11.0. The van der Waals surface area contributed by atoms with Gasteiger partial charge in [0.05, 0.1) is 12.2 Å². The number of aromatic carboxylic acids is 1. The maximum Gasteiger partial charge on any atom is 0.335 e. The normalized spacial score (nSPS) is 10.6. The fraction of sp³-hybridized carbons (Fsp3) is 0.278. The van der Waals surface area contributed by atoms with E-state index in [9.17, 15) is 4.79 Å². The SMILES string of the molecule is CN(CCCOc1ccccc1)Cc1cccc(C(=O)O)c1. The molecule has 0 unspecified atom stereocenters. The molecule has 2 aromatic carbocycles. The van der Waals surface area contributed by atoms with E-state index < -0.39 is 5.97 Å². The Labute approximate surface area is 131 Å². The van der Waals surface area contributed by atoms with Crippen molar-refractivity contribution < 1.29 is 14.6 Å². The molecule has 0 bridgehead atoms. The van der Waals surface area contributed by atoms with E-state index >= 15 is 0 Å². The van der Waals surface area contributed by atoms with Gasteiger partial charge < -0.3 is 14.7 Å². The maximum absolute atomic E-state index is 11.0. The van der Waals surface area contributed by atoms with Crippen LogP contribution in [-0.2, 0) is 6.54 Å². The number of carbonyl (C=O) groups is 1. The number of hydrogen-bond donors (Lipinski definition) is 1. The monoisotopic (exact) mass is 299 g/mol. The summed E-state index contributed by atoms with van der Waals surface area (Å²) in [6.45, 7) is 2.29. The largest absolute Gasteiger partial charge is 0.494 e. The van der Waals surface area contributed by atoms with Crippen LogP contribution in [0.15, 0.2) is 54.6 Å². The zero-order valence-corrected chi connectivity index (χ0v) is 12.7. The van der Waals surface area contributed by atoms with Gasteiger partial charge in [-0.05, 0) is 43.3 Å². The standard InChI is InChI=1S/C18H21NO3/c1-19(11-6-12-22-17-9-3-2-4-10-17)14-15-7-5-8-16(13-15)18(20)21/h2-5,7-10,13H,6,11-12,14H2,1H3,(H,20,21). The van der Waals surface area contributed by atoms with Gasteiger partial charge in [0, 0.05) is 13.1 Å². The lowest BCUT2D eigenvalue weighted by molar-refractivity contribution is 0.0696. The van der Waals surface area contributed by atoms with Crippen molar-refractivity contribution in [1.82, 2.24) is 4.90 Å². The average Bonchev–Trinajstić information content (AvgIpc) is 2.53. The van der Waals surface area contributed by atoms with Gasteiger partial charge in [-0.15, -0.1) is 0 Å². The zero-order chi connectivity index (χ0) is 15.8. The highest BCUT2D eigenvalue weighted by Gasteiger charge is 2.05. The summed E-state index contributed by atoms with van der Waals surface area (Å²) in [6, 6.07) is 16.8. The summed E-state index contributed by atoms with van der Waals surface area (Å²) in [6.07, 6.45) is 0.921. The Morgan fingerprint density at radius 1 is 1.14 bits per heavy atom. The van der Waals surface area contributed by atoms with Crippen molar-refractivity contribution in [3.05, 3.63) is 65.7 Å². The third-order valence-electron chi connectivity index (χ3n) is 3.32. The number of carboxylic acid groups (broad SMARTS) is 1. The van der Waals surface area contributed by atoms with E-state index in [4.69, 9.17) is 9.84 Å². The first-order valence-corrected chi connectivity index (χ1v) is 7.34. The van der Waals surface area contributed by atoms with E-state index in [0.717, 1.165) is 30.8 Å². The second kappa shape index (κ2) is 8.20. The van der Waals surface area contributed by atoms with Gasteiger partial charge in [0.2, 0.25) is 0 Å². The molecule has 0 spiro atoms. The first-order valence-electron chi connectivity index (χ1n) is 7.34. The molecule has 0 radical (unpaired) electrons. The zero-order valence-electron chi connectivity index (χ0n) is 12.7. The van der Waals surface area contributed by atoms with E-state index in [1.807, 2.05) is 43.4 Å². The Bertz CT molecular complexity index is 598. The number of nitrogens with zero attached hydrogens (tertiary/aromatic N) is 1. The predicted molar refractivity (Wildman–Crippen MR) is 86.3 cm³/mol.